The highest BCUT2D eigenvalue weighted by atomic mass is 35.5. The zero-order chi connectivity index (χ0) is 23.5. The summed E-state index contributed by atoms with van der Waals surface area (Å²) >= 11 is 6.28. The number of carbonyl (C=O) groups excluding carboxylic acids is 2. The molecule has 6 heteroatoms. The van der Waals surface area contributed by atoms with E-state index >= 15 is 0 Å². The van der Waals surface area contributed by atoms with E-state index in [0.29, 0.717) is 45.8 Å². The molecule has 0 saturated heterocycles. The van der Waals surface area contributed by atoms with Gasteiger partial charge >= 0.3 is 0 Å². The van der Waals surface area contributed by atoms with Crippen LogP contribution < -0.4 is 15.0 Å². The summed E-state index contributed by atoms with van der Waals surface area (Å²) in [5.74, 6) is 0.309. The highest BCUT2D eigenvalue weighted by molar-refractivity contribution is 6.46. The molecule has 0 aliphatic carbocycles. The van der Waals surface area contributed by atoms with Crippen LogP contribution in [0.25, 0.3) is 5.57 Å². The van der Waals surface area contributed by atoms with E-state index in [1.807, 2.05) is 37.3 Å². The van der Waals surface area contributed by atoms with Gasteiger partial charge in [0.25, 0.3) is 11.8 Å². The van der Waals surface area contributed by atoms with Gasteiger partial charge in [-0.25, -0.2) is 4.90 Å². The van der Waals surface area contributed by atoms with Crippen LogP contribution in [0.3, 0.4) is 0 Å². The monoisotopic (exact) mass is 460 g/mol. The first kappa shape index (κ1) is 22.6. The number of aryl methyl sites for hydroxylation is 1. The quantitative estimate of drug-likeness (QED) is 0.434. The van der Waals surface area contributed by atoms with Gasteiger partial charge in [0.15, 0.2) is 0 Å². The van der Waals surface area contributed by atoms with Gasteiger partial charge < -0.3 is 10.1 Å². The second kappa shape index (κ2) is 9.51. The number of para-hydroxylation sites is 1. The van der Waals surface area contributed by atoms with Crippen molar-refractivity contribution in [2.24, 2.45) is 5.92 Å². The van der Waals surface area contributed by atoms with E-state index < -0.39 is 5.91 Å². The fourth-order valence-electron chi connectivity index (χ4n) is 3.52. The van der Waals surface area contributed by atoms with Gasteiger partial charge in [0.2, 0.25) is 0 Å². The molecule has 1 aliphatic heterocycles. The average Bonchev–Trinajstić information content (AvgIpc) is 3.05. The van der Waals surface area contributed by atoms with Gasteiger partial charge in [-0.05, 0) is 60.4 Å². The van der Waals surface area contributed by atoms with Crippen LogP contribution in [0.2, 0.25) is 5.02 Å². The van der Waals surface area contributed by atoms with Crippen molar-refractivity contribution in [3.05, 3.63) is 94.6 Å². The van der Waals surface area contributed by atoms with Crippen molar-refractivity contribution >= 4 is 40.4 Å². The number of hydrogen-bond acceptors (Lipinski definition) is 4. The van der Waals surface area contributed by atoms with E-state index in [9.17, 15) is 9.59 Å². The van der Waals surface area contributed by atoms with Crippen molar-refractivity contribution in [2.45, 2.75) is 20.8 Å². The molecule has 0 atom stereocenters. The lowest BCUT2D eigenvalue weighted by atomic mass is 10.0. The summed E-state index contributed by atoms with van der Waals surface area (Å²) in [7, 11) is 0. The van der Waals surface area contributed by atoms with E-state index in [1.165, 1.54) is 4.90 Å². The Morgan fingerprint density at radius 2 is 1.64 bits per heavy atom. The summed E-state index contributed by atoms with van der Waals surface area (Å²) in [6.45, 7) is 6.66. The van der Waals surface area contributed by atoms with Crippen molar-refractivity contribution in [1.29, 1.82) is 0 Å². The summed E-state index contributed by atoms with van der Waals surface area (Å²) in [6, 6.07) is 21.6. The SMILES string of the molecule is Cc1ccc(NC2=C(c3ccc(OCC(C)C)cc3)C(=O)N(c3ccccc3)C2=O)cc1Cl. The molecule has 0 saturated carbocycles. The van der Waals surface area contributed by atoms with Crippen LogP contribution in [-0.4, -0.2) is 18.4 Å². The highest BCUT2D eigenvalue weighted by Gasteiger charge is 2.40. The van der Waals surface area contributed by atoms with Gasteiger partial charge in [-0.15, -0.1) is 0 Å². The van der Waals surface area contributed by atoms with Crippen molar-refractivity contribution < 1.29 is 14.3 Å². The second-order valence-electron chi connectivity index (χ2n) is 8.35. The summed E-state index contributed by atoms with van der Waals surface area (Å²) in [4.78, 5) is 28.1. The van der Waals surface area contributed by atoms with Crippen LogP contribution in [0, 0.1) is 12.8 Å². The van der Waals surface area contributed by atoms with Crippen LogP contribution in [0.5, 0.6) is 5.75 Å². The third-order valence-corrected chi connectivity index (χ3v) is 5.67. The van der Waals surface area contributed by atoms with Crippen LogP contribution >= 0.6 is 11.6 Å². The van der Waals surface area contributed by atoms with Gasteiger partial charge in [-0.2, -0.15) is 0 Å². The van der Waals surface area contributed by atoms with E-state index in [2.05, 4.69) is 19.2 Å². The fourth-order valence-corrected chi connectivity index (χ4v) is 3.70. The molecule has 0 radical (unpaired) electrons. The van der Waals surface area contributed by atoms with Gasteiger partial charge in [0.1, 0.15) is 11.4 Å². The Labute approximate surface area is 198 Å². The Balaban J connectivity index is 1.74. The molecular weight excluding hydrogens is 436 g/mol. The molecule has 0 spiro atoms. The minimum absolute atomic E-state index is 0.208. The van der Waals surface area contributed by atoms with E-state index in [4.69, 9.17) is 16.3 Å². The molecule has 0 aromatic heterocycles. The molecule has 2 amide bonds. The number of hydrogen-bond donors (Lipinski definition) is 1. The smallest absolute Gasteiger partial charge is 0.282 e. The molecule has 5 nitrogen and oxygen atoms in total. The van der Waals surface area contributed by atoms with Crippen molar-refractivity contribution in [3.63, 3.8) is 0 Å². The standard InChI is InChI=1S/C27H25ClN2O3/c1-17(2)16-33-22-13-10-19(11-14-22)24-25(29-20-12-9-18(3)23(28)15-20)27(32)30(26(24)31)21-7-5-4-6-8-21/h4-15,17,29H,16H2,1-3H3. The third kappa shape index (κ3) is 4.78. The lowest BCUT2D eigenvalue weighted by molar-refractivity contribution is -0.120. The zero-order valence-corrected chi connectivity index (χ0v) is 19.5. The summed E-state index contributed by atoms with van der Waals surface area (Å²) < 4.78 is 5.76. The van der Waals surface area contributed by atoms with E-state index in [0.717, 1.165) is 5.56 Å². The van der Waals surface area contributed by atoms with Crippen molar-refractivity contribution in [3.8, 4) is 5.75 Å². The molecule has 33 heavy (non-hydrogen) atoms. The number of halogens is 1. The third-order valence-electron chi connectivity index (χ3n) is 5.27. The van der Waals surface area contributed by atoms with Crippen LogP contribution in [0.4, 0.5) is 11.4 Å². The molecule has 3 aromatic carbocycles. The Bertz CT molecular complexity index is 1220. The minimum Gasteiger partial charge on any atom is -0.493 e. The predicted octanol–water partition coefficient (Wildman–Crippen LogP) is 6.08. The molecule has 0 unspecified atom stereocenters. The van der Waals surface area contributed by atoms with Crippen LogP contribution in [-0.2, 0) is 9.59 Å². The summed E-state index contributed by atoms with van der Waals surface area (Å²) in [6.07, 6.45) is 0. The number of imide groups is 1. The lowest BCUT2D eigenvalue weighted by Gasteiger charge is -2.15. The number of benzene rings is 3. The second-order valence-corrected chi connectivity index (χ2v) is 8.76. The Morgan fingerprint density at radius 1 is 0.939 bits per heavy atom. The molecule has 1 heterocycles. The molecule has 1 aliphatic rings. The Kier molecular flexibility index (Phi) is 6.52. The first-order valence-electron chi connectivity index (χ1n) is 10.8. The van der Waals surface area contributed by atoms with E-state index in [1.54, 1.807) is 42.5 Å². The number of amides is 2. The summed E-state index contributed by atoms with van der Waals surface area (Å²) in [5, 5.41) is 3.72. The zero-order valence-electron chi connectivity index (χ0n) is 18.8. The lowest BCUT2D eigenvalue weighted by Crippen LogP contribution is -2.32. The first-order valence-corrected chi connectivity index (χ1v) is 11.2. The van der Waals surface area contributed by atoms with E-state index in [-0.39, 0.29) is 11.6 Å². The molecule has 0 bridgehead atoms. The number of anilines is 2. The molecule has 4 rings (SSSR count). The van der Waals surface area contributed by atoms with Gasteiger partial charge in [0, 0.05) is 10.7 Å². The topological polar surface area (TPSA) is 58.6 Å². The highest BCUT2D eigenvalue weighted by Crippen LogP contribution is 2.34. The maximum atomic E-state index is 13.5. The number of rotatable bonds is 7. The minimum atomic E-state index is -0.418. The Morgan fingerprint density at radius 3 is 2.27 bits per heavy atom. The number of ether oxygens (including phenoxy) is 1. The van der Waals surface area contributed by atoms with Crippen molar-refractivity contribution in [1.82, 2.24) is 0 Å². The van der Waals surface area contributed by atoms with Crippen LogP contribution in [0.1, 0.15) is 25.0 Å². The maximum absolute atomic E-state index is 13.5. The molecule has 3 aromatic rings. The molecule has 1 N–H and O–H groups in total. The van der Waals surface area contributed by atoms with Crippen LogP contribution in [0.15, 0.2) is 78.5 Å². The molecule has 0 fully saturated rings. The maximum Gasteiger partial charge on any atom is 0.282 e. The Hall–Kier alpha value is -3.57. The normalized spacial score (nSPS) is 13.8. The summed E-state index contributed by atoms with van der Waals surface area (Å²) in [5.41, 5.74) is 3.21. The van der Waals surface area contributed by atoms with Gasteiger partial charge in [-0.3, -0.25) is 9.59 Å². The number of nitrogens with zero attached hydrogens (tertiary/aromatic N) is 1. The molecule has 168 valence electrons. The van der Waals surface area contributed by atoms with Crippen molar-refractivity contribution in [2.75, 3.05) is 16.8 Å². The predicted molar refractivity (Wildman–Crippen MR) is 132 cm³/mol. The first-order chi connectivity index (χ1) is 15.8. The fraction of sp³-hybridized carbons (Fsp3) is 0.185. The largest absolute Gasteiger partial charge is 0.493 e. The molecular formula is C27H25ClN2O3. The number of carbonyl (C=O) groups is 2. The van der Waals surface area contributed by atoms with Gasteiger partial charge in [-0.1, -0.05) is 61.8 Å². The number of nitrogens with one attached hydrogen (secondary N) is 1. The van der Waals surface area contributed by atoms with Gasteiger partial charge in [0.05, 0.1) is 17.9 Å². The average molecular weight is 461 g/mol.